The zero-order valence-electron chi connectivity index (χ0n) is 22.7. The lowest BCUT2D eigenvalue weighted by molar-refractivity contribution is 0.235. The van der Waals surface area contributed by atoms with Crippen LogP contribution in [0.2, 0.25) is 0 Å². The van der Waals surface area contributed by atoms with Crippen molar-refractivity contribution in [3.8, 4) is 0 Å². The molecule has 1 aliphatic rings. The molecule has 1 saturated heterocycles. The Morgan fingerprint density at radius 1 is 1.24 bits per heavy atom. The number of benzene rings is 1. The number of rotatable bonds is 11. The van der Waals surface area contributed by atoms with E-state index in [2.05, 4.69) is 108 Å². The van der Waals surface area contributed by atoms with Crippen LogP contribution in [0.25, 0.3) is 6.08 Å². The van der Waals surface area contributed by atoms with E-state index in [9.17, 15) is 0 Å². The normalized spacial score (nSPS) is 18.4. The van der Waals surface area contributed by atoms with Crippen molar-refractivity contribution in [2.45, 2.75) is 91.6 Å². The third-order valence-corrected chi connectivity index (χ3v) is 7.06. The van der Waals surface area contributed by atoms with Gasteiger partial charge in [-0.05, 0) is 79.7 Å². The molecule has 1 aromatic carbocycles. The molecule has 0 saturated carbocycles. The predicted octanol–water partition coefficient (Wildman–Crippen LogP) is 8.75. The van der Waals surface area contributed by atoms with Crippen molar-refractivity contribution < 1.29 is 0 Å². The quantitative estimate of drug-likeness (QED) is 0.332. The topological polar surface area (TPSA) is 15.3 Å². The van der Waals surface area contributed by atoms with Gasteiger partial charge in [0.05, 0.1) is 0 Å². The van der Waals surface area contributed by atoms with E-state index in [1.54, 1.807) is 0 Å². The smallest absolute Gasteiger partial charge is 0.0496 e. The fourth-order valence-electron chi connectivity index (χ4n) is 5.05. The van der Waals surface area contributed by atoms with Crippen molar-refractivity contribution in [1.29, 1.82) is 0 Å². The Bertz CT molecular complexity index is 909. The van der Waals surface area contributed by atoms with E-state index in [1.165, 1.54) is 41.5 Å². The second kappa shape index (κ2) is 13.0. The van der Waals surface area contributed by atoms with Crippen molar-refractivity contribution in [3.63, 3.8) is 0 Å². The second-order valence-electron chi connectivity index (χ2n) is 10.8. The number of hydrogen-bond acceptors (Lipinski definition) is 2. The van der Waals surface area contributed by atoms with E-state index in [1.807, 2.05) is 6.08 Å². The standard InChI is InChI=1S/C32H48N2/c1-10-15-27(16-13-14-17-30(12-3)32(6,7)8)28-20-19-26(11-2)29(22-28)23-34(9)31-21-18-24(4)33-25(31)5/h11-12,14,17,19-20,22,27,31,33H,2,4-5,10,13,15-16,18,21,23H2,1,3,6-9H3/b17-14+,30-12+. The van der Waals surface area contributed by atoms with Crippen LogP contribution in [0.5, 0.6) is 0 Å². The molecule has 2 rings (SSSR count). The minimum absolute atomic E-state index is 0.196. The summed E-state index contributed by atoms with van der Waals surface area (Å²) in [6, 6.07) is 7.34. The molecule has 1 heterocycles. The zero-order valence-corrected chi connectivity index (χ0v) is 22.7. The maximum Gasteiger partial charge on any atom is 0.0496 e. The Labute approximate surface area is 210 Å². The lowest BCUT2D eigenvalue weighted by Crippen LogP contribution is -2.40. The Morgan fingerprint density at radius 2 is 1.97 bits per heavy atom. The van der Waals surface area contributed by atoms with Crippen LogP contribution in [0.4, 0.5) is 0 Å². The lowest BCUT2D eigenvalue weighted by atomic mass is 9.85. The number of allylic oxidation sites excluding steroid dienone is 5. The Kier molecular flexibility index (Phi) is 10.6. The largest absolute Gasteiger partial charge is 0.362 e. The molecule has 2 nitrogen and oxygen atoms in total. The van der Waals surface area contributed by atoms with Crippen LogP contribution in [-0.2, 0) is 6.54 Å². The van der Waals surface area contributed by atoms with Crippen molar-refractivity contribution >= 4 is 6.08 Å². The van der Waals surface area contributed by atoms with E-state index < -0.39 is 0 Å². The van der Waals surface area contributed by atoms with Crippen LogP contribution < -0.4 is 5.32 Å². The summed E-state index contributed by atoms with van der Waals surface area (Å²) < 4.78 is 0. The van der Waals surface area contributed by atoms with Crippen LogP contribution in [0.15, 0.2) is 73.1 Å². The van der Waals surface area contributed by atoms with E-state index in [0.29, 0.717) is 12.0 Å². The van der Waals surface area contributed by atoms with E-state index in [-0.39, 0.29) is 5.41 Å². The SMILES string of the molecule is C=Cc1ccc(C(CCC)CC/C=C/C(=C\C)C(C)(C)C)cc1CN(C)C1CCC(=C)NC1=C. The van der Waals surface area contributed by atoms with Gasteiger partial charge in [0.1, 0.15) is 0 Å². The van der Waals surface area contributed by atoms with Crippen molar-refractivity contribution in [1.82, 2.24) is 10.2 Å². The zero-order chi connectivity index (χ0) is 25.3. The fraction of sp³-hybridized carbons (Fsp3) is 0.500. The summed E-state index contributed by atoms with van der Waals surface area (Å²) >= 11 is 0. The summed E-state index contributed by atoms with van der Waals surface area (Å²) in [7, 11) is 2.20. The van der Waals surface area contributed by atoms with Gasteiger partial charge in [-0.25, -0.2) is 0 Å². The minimum Gasteiger partial charge on any atom is -0.362 e. The van der Waals surface area contributed by atoms with E-state index >= 15 is 0 Å². The molecule has 186 valence electrons. The Balaban J connectivity index is 2.16. The first-order valence-corrected chi connectivity index (χ1v) is 13.0. The van der Waals surface area contributed by atoms with Crippen molar-refractivity contribution in [3.05, 3.63) is 89.8 Å². The molecule has 2 atom stereocenters. The van der Waals surface area contributed by atoms with Crippen LogP contribution >= 0.6 is 0 Å². The molecule has 0 aliphatic carbocycles. The molecule has 1 aromatic rings. The molecule has 34 heavy (non-hydrogen) atoms. The summed E-state index contributed by atoms with van der Waals surface area (Å²) in [5, 5.41) is 3.36. The van der Waals surface area contributed by atoms with Gasteiger partial charge in [-0.15, -0.1) is 0 Å². The highest BCUT2D eigenvalue weighted by Crippen LogP contribution is 2.31. The first-order chi connectivity index (χ1) is 16.1. The average Bonchev–Trinajstić information content (AvgIpc) is 2.77. The molecule has 0 amide bonds. The summed E-state index contributed by atoms with van der Waals surface area (Å²) in [6.07, 6.45) is 15.7. The van der Waals surface area contributed by atoms with Gasteiger partial charge in [-0.2, -0.15) is 0 Å². The van der Waals surface area contributed by atoms with Gasteiger partial charge in [-0.1, -0.05) is 96.4 Å². The molecule has 1 N–H and O–H groups in total. The number of nitrogens with one attached hydrogen (secondary N) is 1. The van der Waals surface area contributed by atoms with Crippen LogP contribution in [0, 0.1) is 5.41 Å². The Morgan fingerprint density at radius 3 is 2.56 bits per heavy atom. The van der Waals surface area contributed by atoms with E-state index in [4.69, 9.17) is 0 Å². The van der Waals surface area contributed by atoms with Gasteiger partial charge in [-0.3, -0.25) is 4.90 Å². The van der Waals surface area contributed by atoms with Gasteiger partial charge in [0.15, 0.2) is 0 Å². The van der Waals surface area contributed by atoms with Gasteiger partial charge in [0.2, 0.25) is 0 Å². The van der Waals surface area contributed by atoms with Crippen LogP contribution in [-0.4, -0.2) is 18.0 Å². The third kappa shape index (κ3) is 7.87. The van der Waals surface area contributed by atoms with Gasteiger partial charge in [0, 0.05) is 24.0 Å². The summed E-state index contributed by atoms with van der Waals surface area (Å²) in [4.78, 5) is 2.41. The van der Waals surface area contributed by atoms with Crippen LogP contribution in [0.1, 0.15) is 95.8 Å². The number of likely N-dealkylation sites (N-methyl/N-ethyl adjacent to an activating group) is 1. The predicted molar refractivity (Wildman–Crippen MR) is 152 cm³/mol. The Hall–Kier alpha value is -2.32. The summed E-state index contributed by atoms with van der Waals surface area (Å²) in [5.74, 6) is 0.580. The molecule has 1 fully saturated rings. The second-order valence-corrected chi connectivity index (χ2v) is 10.8. The van der Waals surface area contributed by atoms with E-state index in [0.717, 1.165) is 37.2 Å². The highest BCUT2D eigenvalue weighted by molar-refractivity contribution is 5.53. The molecule has 1 aliphatic heterocycles. The molecular formula is C32H48N2. The molecular weight excluding hydrogens is 412 g/mol. The summed E-state index contributed by atoms with van der Waals surface area (Å²) in [6.45, 7) is 24.6. The van der Waals surface area contributed by atoms with Crippen LogP contribution in [0.3, 0.4) is 0 Å². The molecule has 0 aromatic heterocycles. The van der Waals surface area contributed by atoms with Gasteiger partial charge in [0.25, 0.3) is 0 Å². The maximum atomic E-state index is 4.25. The molecule has 2 unspecified atom stereocenters. The third-order valence-electron chi connectivity index (χ3n) is 7.06. The highest BCUT2D eigenvalue weighted by atomic mass is 15.2. The first-order valence-electron chi connectivity index (χ1n) is 13.0. The number of hydrogen-bond donors (Lipinski definition) is 1. The molecule has 0 bridgehead atoms. The highest BCUT2D eigenvalue weighted by Gasteiger charge is 2.24. The van der Waals surface area contributed by atoms with Crippen molar-refractivity contribution in [2.75, 3.05) is 7.05 Å². The molecule has 0 radical (unpaired) electrons. The lowest BCUT2D eigenvalue weighted by Gasteiger charge is -2.35. The summed E-state index contributed by atoms with van der Waals surface area (Å²) in [5.41, 5.74) is 7.77. The monoisotopic (exact) mass is 460 g/mol. The number of piperidine rings is 1. The number of nitrogens with zero attached hydrogens (tertiary/aromatic N) is 1. The van der Waals surface area contributed by atoms with Gasteiger partial charge < -0.3 is 5.32 Å². The fourth-order valence-corrected chi connectivity index (χ4v) is 5.05. The maximum absolute atomic E-state index is 4.25. The van der Waals surface area contributed by atoms with Crippen molar-refractivity contribution in [2.24, 2.45) is 5.41 Å². The first kappa shape index (κ1) is 27.9. The molecule has 2 heteroatoms. The van der Waals surface area contributed by atoms with Gasteiger partial charge >= 0.3 is 0 Å². The molecule has 0 spiro atoms. The average molecular weight is 461 g/mol. The minimum atomic E-state index is 0.196.